The molecule has 1 N–H and O–H groups in total. The van der Waals surface area contributed by atoms with Crippen LogP contribution < -0.4 is 5.43 Å². The molecule has 1 aromatic carbocycles. The van der Waals surface area contributed by atoms with Crippen molar-refractivity contribution in [2.75, 3.05) is 0 Å². The van der Waals surface area contributed by atoms with E-state index in [1.807, 2.05) is 24.3 Å². The Morgan fingerprint density at radius 3 is 2.65 bits per heavy atom. The molecule has 4 heteroatoms. The lowest BCUT2D eigenvalue weighted by Gasteiger charge is -2.22. The summed E-state index contributed by atoms with van der Waals surface area (Å²) in [7, 11) is 0. The minimum atomic E-state index is -0.897. The molecule has 1 aliphatic carbocycles. The maximum absolute atomic E-state index is 12.1. The molecule has 0 spiro atoms. The zero-order valence-electron chi connectivity index (χ0n) is 11.2. The second-order valence-electron chi connectivity index (χ2n) is 5.40. The fourth-order valence-electron chi connectivity index (χ4n) is 3.23. The minimum Gasteiger partial charge on any atom is -0.481 e. The average molecular weight is 271 g/mol. The summed E-state index contributed by atoms with van der Waals surface area (Å²) in [6.45, 7) is 0. The summed E-state index contributed by atoms with van der Waals surface area (Å²) in [5, 5.41) is 9.76. The number of fused-ring (bicyclic) bond motifs is 1. The lowest BCUT2D eigenvalue weighted by atomic mass is 10.1. The maximum atomic E-state index is 12.1. The highest BCUT2D eigenvalue weighted by molar-refractivity contribution is 5.80. The number of carboxylic acids is 1. The quantitative estimate of drug-likeness (QED) is 0.933. The van der Waals surface area contributed by atoms with E-state index in [0.29, 0.717) is 17.1 Å². The molecular weight excluding hydrogens is 254 g/mol. The molecule has 0 bridgehead atoms. The summed E-state index contributed by atoms with van der Waals surface area (Å²) in [5.41, 5.74) is 1.39. The first-order valence-corrected chi connectivity index (χ1v) is 7.02. The summed E-state index contributed by atoms with van der Waals surface area (Å²) in [5.74, 6) is -0.897. The molecule has 0 saturated heterocycles. The van der Waals surface area contributed by atoms with Crippen LogP contribution in [0.3, 0.4) is 0 Å². The number of para-hydroxylation sites is 1. The van der Waals surface area contributed by atoms with Gasteiger partial charge >= 0.3 is 5.97 Å². The van der Waals surface area contributed by atoms with Gasteiger partial charge in [0.15, 0.2) is 5.43 Å². The molecule has 0 unspecified atom stereocenters. The molecule has 0 amide bonds. The first-order valence-electron chi connectivity index (χ1n) is 7.02. The molecule has 1 heterocycles. The van der Waals surface area contributed by atoms with Crippen LogP contribution in [0.2, 0.25) is 0 Å². The molecule has 1 saturated carbocycles. The van der Waals surface area contributed by atoms with Crippen LogP contribution >= 0.6 is 0 Å². The molecule has 0 atom stereocenters. The van der Waals surface area contributed by atoms with Crippen LogP contribution in [-0.4, -0.2) is 15.6 Å². The standard InChI is InChI=1S/C16H17NO3/c18-15-9-12(10-16(19)20)17(11-5-1-2-6-11)14-8-4-3-7-13(14)15/h3-4,7-9,11H,1-2,5-6,10H2,(H,19,20). The monoisotopic (exact) mass is 271 g/mol. The van der Waals surface area contributed by atoms with Crippen molar-refractivity contribution in [3.8, 4) is 0 Å². The highest BCUT2D eigenvalue weighted by Gasteiger charge is 2.22. The third-order valence-corrected chi connectivity index (χ3v) is 4.06. The van der Waals surface area contributed by atoms with Gasteiger partial charge in [0.05, 0.1) is 11.9 Å². The second-order valence-corrected chi connectivity index (χ2v) is 5.40. The van der Waals surface area contributed by atoms with Gasteiger partial charge in [-0.2, -0.15) is 0 Å². The molecule has 1 fully saturated rings. The molecule has 4 nitrogen and oxygen atoms in total. The number of hydrogen-bond donors (Lipinski definition) is 1. The largest absolute Gasteiger partial charge is 0.481 e. The zero-order chi connectivity index (χ0) is 14.1. The van der Waals surface area contributed by atoms with Gasteiger partial charge < -0.3 is 9.67 Å². The van der Waals surface area contributed by atoms with E-state index < -0.39 is 5.97 Å². The molecular formula is C16H17NO3. The van der Waals surface area contributed by atoms with E-state index in [9.17, 15) is 9.59 Å². The number of carboxylic acid groups (broad SMARTS) is 1. The van der Waals surface area contributed by atoms with Gasteiger partial charge in [0, 0.05) is 23.2 Å². The summed E-state index contributed by atoms with van der Waals surface area (Å²) < 4.78 is 2.08. The van der Waals surface area contributed by atoms with Gasteiger partial charge in [-0.1, -0.05) is 25.0 Å². The lowest BCUT2D eigenvalue weighted by molar-refractivity contribution is -0.136. The van der Waals surface area contributed by atoms with Crippen LogP contribution in [0.1, 0.15) is 37.4 Å². The Morgan fingerprint density at radius 2 is 1.95 bits per heavy atom. The minimum absolute atomic E-state index is 0.0916. The Kier molecular flexibility index (Phi) is 3.30. The van der Waals surface area contributed by atoms with E-state index in [1.165, 1.54) is 6.07 Å². The number of benzene rings is 1. The van der Waals surface area contributed by atoms with Crippen LogP contribution in [-0.2, 0) is 11.2 Å². The van der Waals surface area contributed by atoms with Crippen molar-refractivity contribution in [3.05, 3.63) is 46.2 Å². The van der Waals surface area contributed by atoms with Crippen molar-refractivity contribution in [3.63, 3.8) is 0 Å². The summed E-state index contributed by atoms with van der Waals surface area (Å²) in [6, 6.07) is 9.29. The van der Waals surface area contributed by atoms with E-state index in [4.69, 9.17) is 5.11 Å². The third kappa shape index (κ3) is 2.22. The fourth-order valence-corrected chi connectivity index (χ4v) is 3.23. The topological polar surface area (TPSA) is 59.3 Å². The van der Waals surface area contributed by atoms with Gasteiger partial charge in [-0.3, -0.25) is 9.59 Å². The predicted octanol–water partition coefficient (Wildman–Crippen LogP) is 2.74. The summed E-state index contributed by atoms with van der Waals surface area (Å²) in [6.07, 6.45) is 4.34. The zero-order valence-corrected chi connectivity index (χ0v) is 11.2. The smallest absolute Gasteiger partial charge is 0.309 e. The Bertz CT molecular complexity index is 711. The number of rotatable bonds is 3. The van der Waals surface area contributed by atoms with Crippen molar-refractivity contribution in [1.82, 2.24) is 4.57 Å². The fraction of sp³-hybridized carbons (Fsp3) is 0.375. The van der Waals surface area contributed by atoms with Crippen LogP contribution in [0.15, 0.2) is 35.1 Å². The van der Waals surface area contributed by atoms with Crippen LogP contribution in [0, 0.1) is 0 Å². The van der Waals surface area contributed by atoms with Crippen LogP contribution in [0.5, 0.6) is 0 Å². The SMILES string of the molecule is O=C(O)Cc1cc(=O)c2ccccc2n1C1CCCC1. The van der Waals surface area contributed by atoms with Gasteiger partial charge in [-0.05, 0) is 25.0 Å². The Morgan fingerprint density at radius 1 is 1.25 bits per heavy atom. The number of nitrogens with zero attached hydrogens (tertiary/aromatic N) is 1. The Labute approximate surface area is 116 Å². The predicted molar refractivity (Wildman–Crippen MR) is 77.1 cm³/mol. The van der Waals surface area contributed by atoms with Crippen molar-refractivity contribution >= 4 is 16.9 Å². The van der Waals surface area contributed by atoms with Crippen molar-refractivity contribution in [2.45, 2.75) is 38.1 Å². The lowest BCUT2D eigenvalue weighted by Crippen LogP contribution is -2.19. The van der Waals surface area contributed by atoms with E-state index >= 15 is 0 Å². The first kappa shape index (κ1) is 12.9. The number of hydrogen-bond acceptors (Lipinski definition) is 2. The molecule has 1 aromatic heterocycles. The van der Waals surface area contributed by atoms with Crippen molar-refractivity contribution in [1.29, 1.82) is 0 Å². The second kappa shape index (κ2) is 5.12. The Hall–Kier alpha value is -2.10. The maximum Gasteiger partial charge on any atom is 0.309 e. The summed E-state index contributed by atoms with van der Waals surface area (Å²) >= 11 is 0. The molecule has 20 heavy (non-hydrogen) atoms. The molecule has 3 rings (SSSR count). The Balaban J connectivity index is 2.27. The first-order chi connectivity index (χ1) is 9.66. The average Bonchev–Trinajstić information content (AvgIpc) is 2.92. The molecule has 1 aliphatic rings. The number of aromatic nitrogens is 1. The van der Waals surface area contributed by atoms with Crippen molar-refractivity contribution < 1.29 is 9.90 Å². The van der Waals surface area contributed by atoms with E-state index in [0.717, 1.165) is 31.2 Å². The van der Waals surface area contributed by atoms with E-state index in [-0.39, 0.29) is 11.8 Å². The van der Waals surface area contributed by atoms with Gasteiger partial charge in [-0.25, -0.2) is 0 Å². The van der Waals surface area contributed by atoms with Crippen LogP contribution in [0.25, 0.3) is 10.9 Å². The number of aliphatic carboxylic acids is 1. The normalized spacial score (nSPS) is 15.8. The molecule has 104 valence electrons. The van der Waals surface area contributed by atoms with Gasteiger partial charge in [-0.15, -0.1) is 0 Å². The summed E-state index contributed by atoms with van der Waals surface area (Å²) in [4.78, 5) is 23.2. The van der Waals surface area contributed by atoms with E-state index in [2.05, 4.69) is 4.57 Å². The van der Waals surface area contributed by atoms with Gasteiger partial charge in [0.2, 0.25) is 0 Å². The highest BCUT2D eigenvalue weighted by atomic mass is 16.4. The van der Waals surface area contributed by atoms with E-state index in [1.54, 1.807) is 0 Å². The van der Waals surface area contributed by atoms with Gasteiger partial charge in [0.1, 0.15) is 0 Å². The molecule has 2 aromatic rings. The van der Waals surface area contributed by atoms with Crippen LogP contribution in [0.4, 0.5) is 0 Å². The van der Waals surface area contributed by atoms with Crippen molar-refractivity contribution in [2.24, 2.45) is 0 Å². The number of carbonyl (C=O) groups is 1. The van der Waals surface area contributed by atoms with Gasteiger partial charge in [0.25, 0.3) is 0 Å². The molecule has 0 aliphatic heterocycles. The molecule has 0 radical (unpaired) electrons. The third-order valence-electron chi connectivity index (χ3n) is 4.06. The number of pyridine rings is 1. The highest BCUT2D eigenvalue weighted by Crippen LogP contribution is 2.32.